The monoisotopic (exact) mass is 581 g/mol. The summed E-state index contributed by atoms with van der Waals surface area (Å²) in [7, 11) is 5.10. The molecule has 4 heterocycles. The van der Waals surface area contributed by atoms with Gasteiger partial charge in [0.25, 0.3) is 5.88 Å². The highest BCUT2D eigenvalue weighted by Crippen LogP contribution is 2.38. The van der Waals surface area contributed by atoms with Gasteiger partial charge in [-0.25, -0.2) is 14.8 Å². The Kier molecular flexibility index (Phi) is 7.72. The maximum atomic E-state index is 14.7. The molecule has 1 fully saturated rings. The van der Waals surface area contributed by atoms with Crippen LogP contribution in [0.1, 0.15) is 30.1 Å². The summed E-state index contributed by atoms with van der Waals surface area (Å²) < 4.78 is 27.1. The van der Waals surface area contributed by atoms with E-state index in [0.717, 1.165) is 18.7 Å². The Morgan fingerprint density at radius 1 is 1.22 bits per heavy atom. The molecule has 0 bridgehead atoms. The number of ether oxygens (including phenoxy) is 2. The fraction of sp³-hybridized carbons (Fsp3) is 0.310. The number of fused-ring (bicyclic) bond motifs is 1. The van der Waals surface area contributed by atoms with Gasteiger partial charge in [0.2, 0.25) is 11.2 Å². The van der Waals surface area contributed by atoms with Crippen LogP contribution in [0.15, 0.2) is 53.7 Å². The minimum Gasteiger partial charge on any atom is -0.493 e. The van der Waals surface area contributed by atoms with E-state index >= 15 is 0 Å². The van der Waals surface area contributed by atoms with Crippen molar-refractivity contribution in [3.05, 3.63) is 75.5 Å². The second-order valence-electron chi connectivity index (χ2n) is 10.1. The molecule has 0 radical (unpaired) electrons. The zero-order chi connectivity index (χ0) is 29.4. The van der Waals surface area contributed by atoms with Gasteiger partial charge in [-0.2, -0.15) is 4.39 Å². The highest BCUT2D eigenvalue weighted by molar-refractivity contribution is 6.34. The fourth-order valence-electron chi connectivity index (χ4n) is 5.19. The van der Waals surface area contributed by atoms with Gasteiger partial charge < -0.3 is 28.9 Å². The number of hydrogen-bond acceptors (Lipinski definition) is 8. The van der Waals surface area contributed by atoms with Gasteiger partial charge in [0, 0.05) is 44.0 Å². The second-order valence-corrected chi connectivity index (χ2v) is 10.5. The van der Waals surface area contributed by atoms with Crippen molar-refractivity contribution in [2.75, 3.05) is 37.6 Å². The van der Waals surface area contributed by atoms with Crippen molar-refractivity contribution in [2.45, 2.75) is 31.8 Å². The van der Waals surface area contributed by atoms with Crippen LogP contribution in [-0.4, -0.2) is 65.5 Å². The number of carbonyl (C=O) groups is 1. The van der Waals surface area contributed by atoms with Gasteiger partial charge in [-0.15, -0.1) is 0 Å². The molecule has 0 amide bonds. The molecule has 0 aliphatic carbocycles. The number of carboxylic acid groups (broad SMARTS) is 1. The molecular weight excluding hydrogens is 553 g/mol. The maximum absolute atomic E-state index is 14.7. The van der Waals surface area contributed by atoms with Gasteiger partial charge in [-0.05, 0) is 44.0 Å². The number of benzene rings is 1. The smallest absolute Gasteiger partial charge is 0.341 e. The summed E-state index contributed by atoms with van der Waals surface area (Å²) >= 11 is 6.77. The number of rotatable bonds is 8. The number of halogens is 2. The van der Waals surface area contributed by atoms with E-state index in [1.165, 1.54) is 31.6 Å². The lowest BCUT2D eigenvalue weighted by molar-refractivity contribution is 0.0695. The average molecular weight is 582 g/mol. The summed E-state index contributed by atoms with van der Waals surface area (Å²) in [5.74, 6) is -1.42. The quantitative estimate of drug-likeness (QED) is 0.314. The van der Waals surface area contributed by atoms with E-state index in [1.807, 2.05) is 19.0 Å². The first-order valence-corrected chi connectivity index (χ1v) is 13.3. The Balaban J connectivity index is 1.59. The maximum Gasteiger partial charge on any atom is 0.341 e. The Hall–Kier alpha value is -4.38. The van der Waals surface area contributed by atoms with Crippen LogP contribution in [0.2, 0.25) is 5.02 Å². The first-order valence-electron chi connectivity index (χ1n) is 13.0. The van der Waals surface area contributed by atoms with E-state index in [-0.39, 0.29) is 46.3 Å². The molecule has 0 saturated carbocycles. The van der Waals surface area contributed by atoms with Crippen molar-refractivity contribution in [3.63, 3.8) is 0 Å². The van der Waals surface area contributed by atoms with Crippen LogP contribution < -0.4 is 24.7 Å². The molecule has 214 valence electrons. The molecule has 1 saturated heterocycles. The summed E-state index contributed by atoms with van der Waals surface area (Å²) in [6.45, 7) is 2.19. The topological polar surface area (TPSA) is 110 Å². The highest BCUT2D eigenvalue weighted by Gasteiger charge is 2.33. The number of carboxylic acids is 1. The molecule has 4 aromatic rings. The summed E-state index contributed by atoms with van der Waals surface area (Å²) in [6.07, 6.45) is 5.92. The number of anilines is 2. The van der Waals surface area contributed by atoms with Crippen molar-refractivity contribution in [1.29, 1.82) is 0 Å². The molecule has 1 aliphatic rings. The summed E-state index contributed by atoms with van der Waals surface area (Å²) in [4.78, 5) is 37.5. The van der Waals surface area contributed by atoms with E-state index in [4.69, 9.17) is 21.1 Å². The Morgan fingerprint density at radius 2 is 2.00 bits per heavy atom. The number of pyridine rings is 3. The minimum absolute atomic E-state index is 0.0380. The van der Waals surface area contributed by atoms with E-state index in [1.54, 1.807) is 29.0 Å². The lowest BCUT2D eigenvalue weighted by Crippen LogP contribution is -2.38. The second kappa shape index (κ2) is 11.2. The Bertz CT molecular complexity index is 1680. The standard InChI is InChI=1S/C29H29ClFN5O5/c1-16-5-6-18(15-41-28-26(31)24(40-4)9-10-32-28)36(16)23-12-22-19(11-21(23)30)27(37)20(29(38)39)14-35(22)17-7-8-25(33-13-17)34(2)3/h7-14,16,18H,5-6,15H2,1-4H3,(H,38,39)/t16-,18-/m1/s1. The SMILES string of the molecule is COc1ccnc(OC[C@H]2CC[C@@H](C)N2c2cc3c(cc2Cl)c(=O)c(C(=O)O)cn3-c2ccc(N(C)C)nc2)c1F. The lowest BCUT2D eigenvalue weighted by Gasteiger charge is -2.32. The zero-order valence-corrected chi connectivity index (χ0v) is 23.7. The summed E-state index contributed by atoms with van der Waals surface area (Å²) in [5.41, 5.74) is 0.671. The molecule has 5 rings (SSSR count). The molecule has 1 aliphatic heterocycles. The molecule has 3 aromatic heterocycles. The summed E-state index contributed by atoms with van der Waals surface area (Å²) in [5, 5.41) is 10.2. The zero-order valence-electron chi connectivity index (χ0n) is 23.0. The van der Waals surface area contributed by atoms with Crippen LogP contribution in [0, 0.1) is 5.82 Å². The molecule has 0 spiro atoms. The average Bonchev–Trinajstić information content (AvgIpc) is 3.32. The van der Waals surface area contributed by atoms with Crippen molar-refractivity contribution >= 4 is 40.0 Å². The van der Waals surface area contributed by atoms with Gasteiger partial charge >= 0.3 is 5.97 Å². The first kappa shape index (κ1) is 28.2. The third-order valence-corrected chi connectivity index (χ3v) is 7.59. The molecule has 0 unspecified atom stereocenters. The molecule has 12 heteroatoms. The van der Waals surface area contributed by atoms with Gasteiger partial charge in [-0.3, -0.25) is 4.79 Å². The highest BCUT2D eigenvalue weighted by atomic mass is 35.5. The van der Waals surface area contributed by atoms with Crippen LogP contribution in [0.5, 0.6) is 11.6 Å². The van der Waals surface area contributed by atoms with Gasteiger partial charge in [0.1, 0.15) is 18.0 Å². The van der Waals surface area contributed by atoms with Crippen molar-refractivity contribution in [3.8, 4) is 17.3 Å². The fourth-order valence-corrected chi connectivity index (χ4v) is 5.46. The number of aromatic carboxylic acids is 1. The molecule has 1 aromatic carbocycles. The number of methoxy groups -OCH3 is 1. The van der Waals surface area contributed by atoms with E-state index in [9.17, 15) is 19.1 Å². The lowest BCUT2D eigenvalue weighted by atomic mass is 10.1. The predicted octanol–water partition coefficient (Wildman–Crippen LogP) is 4.78. The summed E-state index contributed by atoms with van der Waals surface area (Å²) in [6, 6.07) is 8.19. The van der Waals surface area contributed by atoms with Gasteiger partial charge in [0.15, 0.2) is 5.75 Å². The van der Waals surface area contributed by atoms with Crippen molar-refractivity contribution in [2.24, 2.45) is 0 Å². The first-order chi connectivity index (χ1) is 19.6. The van der Waals surface area contributed by atoms with Crippen LogP contribution in [-0.2, 0) is 0 Å². The normalized spacial score (nSPS) is 16.7. The van der Waals surface area contributed by atoms with E-state index in [0.29, 0.717) is 16.9 Å². The molecular formula is C29H29ClFN5O5. The Morgan fingerprint density at radius 3 is 2.66 bits per heavy atom. The van der Waals surface area contributed by atoms with Crippen LogP contribution in [0.25, 0.3) is 16.6 Å². The van der Waals surface area contributed by atoms with Gasteiger partial charge in [-0.1, -0.05) is 11.6 Å². The molecule has 1 N–H and O–H groups in total. The predicted molar refractivity (Wildman–Crippen MR) is 155 cm³/mol. The number of hydrogen-bond donors (Lipinski definition) is 1. The molecule has 10 nitrogen and oxygen atoms in total. The molecule has 41 heavy (non-hydrogen) atoms. The molecule has 2 atom stereocenters. The largest absolute Gasteiger partial charge is 0.493 e. The minimum atomic E-state index is -1.34. The number of aromatic nitrogens is 3. The van der Waals surface area contributed by atoms with Crippen molar-refractivity contribution < 1.29 is 23.8 Å². The van der Waals surface area contributed by atoms with E-state index in [2.05, 4.69) is 21.8 Å². The third kappa shape index (κ3) is 5.24. The Labute approximate surface area is 240 Å². The van der Waals surface area contributed by atoms with E-state index < -0.39 is 17.2 Å². The van der Waals surface area contributed by atoms with Crippen LogP contribution in [0.3, 0.4) is 0 Å². The van der Waals surface area contributed by atoms with Crippen LogP contribution >= 0.6 is 11.6 Å². The van der Waals surface area contributed by atoms with Crippen molar-refractivity contribution in [1.82, 2.24) is 14.5 Å². The third-order valence-electron chi connectivity index (χ3n) is 7.29. The number of nitrogens with zero attached hydrogens (tertiary/aromatic N) is 5. The van der Waals surface area contributed by atoms with Crippen LogP contribution in [0.4, 0.5) is 15.9 Å². The van der Waals surface area contributed by atoms with Gasteiger partial charge in [0.05, 0.1) is 41.3 Å².